The summed E-state index contributed by atoms with van der Waals surface area (Å²) >= 11 is 5.76. The molecule has 2 aromatic rings. The molecule has 0 radical (unpaired) electrons. The monoisotopic (exact) mass is 385 g/mol. The van der Waals surface area contributed by atoms with E-state index in [0.717, 1.165) is 12.3 Å². The molecule has 0 aliphatic carbocycles. The molecule has 0 N–H and O–H groups in total. The van der Waals surface area contributed by atoms with Gasteiger partial charge in [0.25, 0.3) is 5.69 Å². The van der Waals surface area contributed by atoms with Gasteiger partial charge in [0.2, 0.25) is 0 Å². The summed E-state index contributed by atoms with van der Waals surface area (Å²) in [5.41, 5.74) is -0.0911. The number of nitro benzene ring substituents is 1. The second-order valence-electron chi connectivity index (χ2n) is 4.93. The van der Waals surface area contributed by atoms with Crippen molar-refractivity contribution in [2.24, 2.45) is 4.99 Å². The first-order chi connectivity index (χ1) is 12.3. The first kappa shape index (κ1) is 19.4. The van der Waals surface area contributed by atoms with E-state index < -0.39 is 23.0 Å². The van der Waals surface area contributed by atoms with Gasteiger partial charge >= 0.3 is 6.61 Å². The molecule has 0 amide bonds. The molecule has 0 saturated carbocycles. The second kappa shape index (κ2) is 8.43. The number of rotatable bonds is 7. The van der Waals surface area contributed by atoms with Crippen LogP contribution in [0.2, 0.25) is 5.02 Å². The van der Waals surface area contributed by atoms with Crippen LogP contribution in [0.1, 0.15) is 11.1 Å². The molecule has 10 heteroatoms. The Kier molecular flexibility index (Phi) is 6.29. The number of aliphatic imine (C=N–C) groups is 1. The number of alkyl halides is 2. The molecule has 2 rings (SSSR count). The summed E-state index contributed by atoms with van der Waals surface area (Å²) in [5, 5.41) is 22.8. The summed E-state index contributed by atoms with van der Waals surface area (Å²) in [6.45, 7) is -2.91. The highest BCUT2D eigenvalue weighted by atomic mass is 35.5. The number of ether oxygens (including phenoxy) is 2. The van der Waals surface area contributed by atoms with Gasteiger partial charge in [0.1, 0.15) is 0 Å². The molecular weight excluding hydrogens is 374 g/mol. The summed E-state index contributed by atoms with van der Waals surface area (Å²) in [7, 11) is 1.30. The zero-order valence-electron chi connectivity index (χ0n) is 13.3. The van der Waals surface area contributed by atoms with Crippen LogP contribution in [-0.2, 0) is 6.54 Å². The lowest BCUT2D eigenvalue weighted by Gasteiger charge is -2.11. The Bertz CT molecular complexity index is 846. The zero-order chi connectivity index (χ0) is 19.3. The van der Waals surface area contributed by atoms with Crippen LogP contribution >= 0.6 is 11.6 Å². The average molecular weight is 386 g/mol. The molecular formula is C16H12ClF2N2O5-. The first-order valence-corrected chi connectivity index (χ1v) is 7.46. The summed E-state index contributed by atoms with van der Waals surface area (Å²) < 4.78 is 33.9. The van der Waals surface area contributed by atoms with Crippen LogP contribution < -0.4 is 14.6 Å². The van der Waals surface area contributed by atoms with Crippen LogP contribution in [0.4, 0.5) is 14.5 Å². The van der Waals surface area contributed by atoms with E-state index in [9.17, 15) is 24.0 Å². The Labute approximate surface area is 151 Å². The molecule has 0 fully saturated rings. The maximum atomic E-state index is 12.3. The second-order valence-corrected chi connectivity index (χ2v) is 5.37. The van der Waals surface area contributed by atoms with Gasteiger partial charge in [-0.2, -0.15) is 8.78 Å². The highest BCUT2D eigenvalue weighted by Crippen LogP contribution is 2.31. The molecule has 0 heterocycles. The van der Waals surface area contributed by atoms with Gasteiger partial charge in [-0.3, -0.25) is 15.1 Å². The molecule has 0 spiro atoms. The van der Waals surface area contributed by atoms with Crippen LogP contribution in [0.3, 0.4) is 0 Å². The molecule has 7 nitrogen and oxygen atoms in total. The largest absolute Gasteiger partial charge is 0.867 e. The van der Waals surface area contributed by atoms with Gasteiger partial charge in [-0.15, -0.1) is 0 Å². The molecule has 0 aromatic heterocycles. The fourth-order valence-corrected chi connectivity index (χ4v) is 2.31. The lowest BCUT2D eigenvalue weighted by molar-refractivity contribution is -0.398. The van der Waals surface area contributed by atoms with Crippen molar-refractivity contribution in [3.05, 3.63) is 56.6 Å². The van der Waals surface area contributed by atoms with Crippen molar-refractivity contribution in [3.8, 4) is 17.2 Å². The minimum absolute atomic E-state index is 0.0335. The molecule has 0 atom stereocenters. The standard InChI is InChI=1S/C16H13ClF2N2O5/c1-25-14-4-9(2-3-13(14)26-16(18)19)7-20-8-10-5-11(17)6-12(15(10)22)21(23)24/h2-6,8,16,22H,7H2,1H3/p-1. The van der Waals surface area contributed by atoms with E-state index in [1.165, 1.54) is 31.4 Å². The summed E-state index contributed by atoms with van der Waals surface area (Å²) in [4.78, 5) is 14.0. The molecule has 0 aliphatic heterocycles. The van der Waals surface area contributed by atoms with Crippen molar-refractivity contribution in [1.29, 1.82) is 0 Å². The third-order valence-electron chi connectivity index (χ3n) is 3.21. The van der Waals surface area contributed by atoms with Crippen molar-refractivity contribution in [2.45, 2.75) is 13.2 Å². The smallest absolute Gasteiger partial charge is 0.387 e. The molecule has 0 bridgehead atoms. The van der Waals surface area contributed by atoms with Crippen LogP contribution in [0, 0.1) is 10.1 Å². The first-order valence-electron chi connectivity index (χ1n) is 7.08. The zero-order valence-corrected chi connectivity index (χ0v) is 14.1. The number of nitrogens with zero attached hydrogens (tertiary/aromatic N) is 2. The summed E-state index contributed by atoms with van der Waals surface area (Å²) in [6, 6.07) is 6.48. The number of methoxy groups -OCH3 is 1. The number of hydrogen-bond donors (Lipinski definition) is 0. The van der Waals surface area contributed by atoms with Gasteiger partial charge < -0.3 is 14.6 Å². The quantitative estimate of drug-likeness (QED) is 0.412. The van der Waals surface area contributed by atoms with Crippen LogP contribution in [0.15, 0.2) is 35.3 Å². The minimum Gasteiger partial charge on any atom is -0.867 e. The van der Waals surface area contributed by atoms with Gasteiger partial charge in [0, 0.05) is 17.3 Å². The third-order valence-corrected chi connectivity index (χ3v) is 3.43. The minimum atomic E-state index is -2.98. The van der Waals surface area contributed by atoms with Crippen molar-refractivity contribution >= 4 is 23.5 Å². The van der Waals surface area contributed by atoms with E-state index in [1.54, 1.807) is 0 Å². The topological polar surface area (TPSA) is 97.0 Å². The van der Waals surface area contributed by atoms with Gasteiger partial charge in [-0.05, 0) is 35.1 Å². The van der Waals surface area contributed by atoms with Crippen molar-refractivity contribution < 1.29 is 28.3 Å². The predicted octanol–water partition coefficient (Wildman–Crippen LogP) is 3.55. The summed E-state index contributed by atoms with van der Waals surface area (Å²) in [6.07, 6.45) is 1.16. The van der Waals surface area contributed by atoms with Gasteiger partial charge in [-0.25, -0.2) is 0 Å². The van der Waals surface area contributed by atoms with E-state index in [1.807, 2.05) is 0 Å². The van der Waals surface area contributed by atoms with E-state index in [2.05, 4.69) is 9.73 Å². The number of halogens is 3. The van der Waals surface area contributed by atoms with Crippen LogP contribution in [0.5, 0.6) is 17.2 Å². The molecule has 26 heavy (non-hydrogen) atoms. The Morgan fingerprint density at radius 2 is 2.04 bits per heavy atom. The predicted molar refractivity (Wildman–Crippen MR) is 88.5 cm³/mol. The van der Waals surface area contributed by atoms with Crippen molar-refractivity contribution in [1.82, 2.24) is 0 Å². The molecule has 0 aliphatic rings. The van der Waals surface area contributed by atoms with Crippen LogP contribution in [-0.4, -0.2) is 24.9 Å². The van der Waals surface area contributed by atoms with Gasteiger partial charge in [-0.1, -0.05) is 17.7 Å². The summed E-state index contributed by atoms with van der Waals surface area (Å²) in [5.74, 6) is -0.829. The van der Waals surface area contributed by atoms with Crippen LogP contribution in [0.25, 0.3) is 0 Å². The van der Waals surface area contributed by atoms with Crippen molar-refractivity contribution in [3.63, 3.8) is 0 Å². The number of hydrogen-bond acceptors (Lipinski definition) is 6. The Balaban J connectivity index is 2.20. The average Bonchev–Trinajstić information content (AvgIpc) is 2.58. The molecule has 138 valence electrons. The van der Waals surface area contributed by atoms with Gasteiger partial charge in [0.05, 0.1) is 18.6 Å². The van der Waals surface area contributed by atoms with E-state index in [-0.39, 0.29) is 28.6 Å². The van der Waals surface area contributed by atoms with E-state index in [4.69, 9.17) is 16.3 Å². The highest BCUT2D eigenvalue weighted by Gasteiger charge is 2.12. The normalized spacial score (nSPS) is 11.1. The lowest BCUT2D eigenvalue weighted by atomic mass is 10.1. The molecule has 2 aromatic carbocycles. The lowest BCUT2D eigenvalue weighted by Crippen LogP contribution is -2.04. The molecule has 0 unspecified atom stereocenters. The Morgan fingerprint density at radius 3 is 2.65 bits per heavy atom. The fourth-order valence-electron chi connectivity index (χ4n) is 2.08. The SMILES string of the molecule is COc1cc(CN=Cc2cc(Cl)cc([N+](=O)[O-])c2[O-])ccc1OC(F)F. The Hall–Kier alpha value is -2.94. The number of benzene rings is 2. The van der Waals surface area contributed by atoms with E-state index >= 15 is 0 Å². The third kappa shape index (κ3) is 4.79. The maximum absolute atomic E-state index is 12.3. The van der Waals surface area contributed by atoms with E-state index in [0.29, 0.717) is 5.56 Å². The van der Waals surface area contributed by atoms with Crippen molar-refractivity contribution in [2.75, 3.05) is 7.11 Å². The molecule has 0 saturated heterocycles. The Morgan fingerprint density at radius 1 is 1.31 bits per heavy atom. The van der Waals surface area contributed by atoms with Gasteiger partial charge in [0.15, 0.2) is 11.5 Å². The highest BCUT2D eigenvalue weighted by molar-refractivity contribution is 6.31. The maximum Gasteiger partial charge on any atom is 0.387 e. The number of nitro groups is 1. The fraction of sp³-hybridized carbons (Fsp3) is 0.188.